The molecule has 26 nitrogen and oxygen atoms in total. The topological polar surface area (TPSA) is 333 Å². The van der Waals surface area contributed by atoms with Gasteiger partial charge < -0.3 is 51.2 Å². The molecule has 0 bridgehead atoms. The van der Waals surface area contributed by atoms with Crippen molar-refractivity contribution in [2.45, 2.75) is 82.5 Å². The number of nitrogen functional groups attached to an aromatic ring is 3. The van der Waals surface area contributed by atoms with Gasteiger partial charge in [0.2, 0.25) is 11.8 Å². The van der Waals surface area contributed by atoms with Crippen LogP contribution in [0.4, 0.5) is 22.2 Å². The maximum atomic E-state index is 12.8. The molecule has 3 saturated heterocycles. The summed E-state index contributed by atoms with van der Waals surface area (Å²) in [4.78, 5) is 105. The Balaban J connectivity index is 0.000000122. The third-order valence-corrected chi connectivity index (χ3v) is 19.5. The number of urea groups is 1. The second-order valence-corrected chi connectivity index (χ2v) is 25.9. The summed E-state index contributed by atoms with van der Waals surface area (Å²) >= 11 is 0. The SMILES string of the molecule is CCC(=O)N1CCC(c2nc(-c3cc4cccc(-c5ccccn5)c4[nH]3)c3c(N)nccn23)CC1.CN(C)C(=O)N1CCC(c2nc(-c3cc4ncccc4o3)c3c(N)nccn23)CC1.Nc1nccn2c(C3CCN(C(=O)Cc4cccnc4)CC3)nc(-c3cc4c([nH]3)C=CCC4=O)c12. The molecular formula is C74H75N21O5. The van der Waals surface area contributed by atoms with Gasteiger partial charge in [-0.2, -0.15) is 0 Å². The highest BCUT2D eigenvalue weighted by molar-refractivity contribution is 6.04. The molecule has 3 aliphatic heterocycles. The number of hydrogen-bond acceptors (Lipinski definition) is 17. The highest BCUT2D eigenvalue weighted by Crippen LogP contribution is 2.41. The minimum absolute atomic E-state index is 0.0466. The lowest BCUT2D eigenvalue weighted by molar-refractivity contribution is -0.132. The Kier molecular flexibility index (Phi) is 17.3. The number of carbonyl (C=O) groups excluding carboxylic acids is 4. The van der Waals surface area contributed by atoms with E-state index >= 15 is 0 Å². The molecule has 8 N–H and O–H groups in total. The van der Waals surface area contributed by atoms with Crippen LogP contribution in [-0.2, 0) is 16.0 Å². The summed E-state index contributed by atoms with van der Waals surface area (Å²) in [5.41, 5.74) is 31.8. The Bertz CT molecular complexity index is 5220. The van der Waals surface area contributed by atoms with Crippen LogP contribution in [0.1, 0.15) is 115 Å². The van der Waals surface area contributed by atoms with Gasteiger partial charge in [-0.3, -0.25) is 42.5 Å². The van der Waals surface area contributed by atoms with Gasteiger partial charge in [-0.05, 0) is 92.6 Å². The Morgan fingerprint density at radius 1 is 0.580 bits per heavy atom. The minimum Gasteiger partial charge on any atom is -0.453 e. The second kappa shape index (κ2) is 27.1. The lowest BCUT2D eigenvalue weighted by Crippen LogP contribution is -2.43. The molecule has 0 saturated carbocycles. The zero-order valence-corrected chi connectivity index (χ0v) is 55.7. The summed E-state index contributed by atoms with van der Waals surface area (Å²) in [7, 11) is 3.56. The molecule has 0 radical (unpaired) electrons. The number of ketones is 1. The number of rotatable bonds is 10. The zero-order valence-electron chi connectivity index (χ0n) is 55.7. The Morgan fingerprint density at radius 2 is 1.15 bits per heavy atom. The van der Waals surface area contributed by atoms with E-state index in [2.05, 4.69) is 62.5 Å². The number of anilines is 3. The number of nitrogens with one attached hydrogen (secondary N) is 2. The van der Waals surface area contributed by atoms with Crippen LogP contribution in [0.25, 0.3) is 90.1 Å². The number of aromatic nitrogens is 14. The fourth-order valence-electron chi connectivity index (χ4n) is 14.4. The van der Waals surface area contributed by atoms with Gasteiger partial charge >= 0.3 is 6.03 Å². The molecule has 1 aromatic carbocycles. The van der Waals surface area contributed by atoms with Crippen molar-refractivity contribution in [2.75, 3.05) is 70.6 Å². The molecule has 15 heterocycles. The van der Waals surface area contributed by atoms with Crippen molar-refractivity contribution in [3.8, 4) is 45.5 Å². The number of hydrogen-bond donors (Lipinski definition) is 5. The summed E-state index contributed by atoms with van der Waals surface area (Å²) in [5, 5.41) is 1.08. The Hall–Kier alpha value is -12.1. The number of likely N-dealkylation sites (tertiary alicyclic amines) is 3. The first kappa shape index (κ1) is 63.9. The Morgan fingerprint density at radius 3 is 1.71 bits per heavy atom. The number of imidazole rings is 3. The summed E-state index contributed by atoms with van der Waals surface area (Å²) in [6.45, 7) is 6.15. The molecule has 17 rings (SSSR count). The van der Waals surface area contributed by atoms with Crippen LogP contribution in [-0.4, -0.2) is 165 Å². The summed E-state index contributed by atoms with van der Waals surface area (Å²) in [6.07, 6.45) is 27.9. The van der Waals surface area contributed by atoms with Gasteiger partial charge in [-0.25, -0.2) is 34.7 Å². The van der Waals surface area contributed by atoms with Gasteiger partial charge in [0.15, 0.2) is 17.1 Å². The number of benzene rings is 1. The van der Waals surface area contributed by atoms with Crippen molar-refractivity contribution < 1.29 is 23.6 Å². The van der Waals surface area contributed by atoms with Crippen molar-refractivity contribution in [3.63, 3.8) is 0 Å². The standard InChI is InChI=1S/C27H27N7O.C26H25N7O2.C21H23N7O2/c1-2-22(35)33-13-9-17(10-14-33)27-32-24(25-26(28)30-12-15-34(25)27)21-16-18-6-5-7-19(23(18)31-21)20-8-3-4-11-29-20;27-25-24-23(20-14-18-19(30-20)4-1-5-21(18)34)31-26(33(24)12-9-29-25)17-6-10-32(11-7-17)22(35)13-16-3-2-8-28-15-16;1-26(2)21(29)27-9-5-13(6-10-27)20-25-17(18-19(22)24-8-11-28(18)20)16-12-14-15(30-16)4-3-7-23-14/h3-8,11-12,15-17,31H,2,9-10,13-14H2,1H3,(H2,28,30);1-4,8-9,12,14-15,17,30H,5-7,10-11,13H2,(H2,27,29);3-4,7-8,11-13H,5-6,9-10H2,1-2H3,(H2,22,24). The van der Waals surface area contributed by atoms with Gasteiger partial charge in [-0.15, -0.1) is 0 Å². The number of nitrogens with two attached hydrogens (primary N) is 3. The fraction of sp³-hybridized carbons (Fsp3) is 0.284. The lowest BCUT2D eigenvalue weighted by atomic mass is 9.95. The van der Waals surface area contributed by atoms with E-state index in [1.807, 2.05) is 122 Å². The maximum absolute atomic E-state index is 12.8. The van der Waals surface area contributed by atoms with Crippen molar-refractivity contribution in [1.82, 2.24) is 87.6 Å². The zero-order chi connectivity index (χ0) is 68.7. The number of amides is 4. The van der Waals surface area contributed by atoms with Crippen LogP contribution in [0.5, 0.6) is 0 Å². The number of para-hydroxylation sites is 1. The van der Waals surface area contributed by atoms with Crippen molar-refractivity contribution in [3.05, 3.63) is 181 Å². The number of aromatic amines is 2. The Labute approximate surface area is 574 Å². The third-order valence-electron chi connectivity index (χ3n) is 19.5. The van der Waals surface area contributed by atoms with E-state index < -0.39 is 0 Å². The highest BCUT2D eigenvalue weighted by atomic mass is 16.3. The molecule has 0 spiro atoms. The molecule has 12 aromatic heterocycles. The first-order valence-electron chi connectivity index (χ1n) is 33.8. The largest absolute Gasteiger partial charge is 0.453 e. The van der Waals surface area contributed by atoms with Crippen molar-refractivity contribution in [1.29, 1.82) is 0 Å². The predicted molar refractivity (Wildman–Crippen MR) is 381 cm³/mol. The van der Waals surface area contributed by atoms with Gasteiger partial charge in [0.1, 0.15) is 74.1 Å². The molecule has 4 amide bonds. The predicted octanol–water partition coefficient (Wildman–Crippen LogP) is 10.9. The van der Waals surface area contributed by atoms with Crippen LogP contribution in [0.3, 0.4) is 0 Å². The van der Waals surface area contributed by atoms with Crippen LogP contribution in [0.15, 0.2) is 151 Å². The number of H-pyrrole nitrogens is 2. The lowest BCUT2D eigenvalue weighted by Gasteiger charge is -2.33. The number of furan rings is 1. The van der Waals surface area contributed by atoms with Gasteiger partial charge in [0, 0.05) is 174 Å². The molecule has 506 valence electrons. The van der Waals surface area contributed by atoms with E-state index in [-0.39, 0.29) is 41.4 Å². The van der Waals surface area contributed by atoms with Crippen molar-refractivity contribution in [2.24, 2.45) is 0 Å². The molecule has 26 heteroatoms. The minimum atomic E-state index is 0.0466. The molecule has 13 aromatic rings. The average molecular weight is 1340 g/mol. The molecule has 3 fully saturated rings. The fourth-order valence-corrected chi connectivity index (χ4v) is 14.4. The number of fused-ring (bicyclic) bond motifs is 6. The number of nitrogens with zero attached hydrogens (tertiary/aromatic N) is 16. The van der Waals surface area contributed by atoms with Gasteiger partial charge in [0.25, 0.3) is 0 Å². The molecule has 4 aliphatic rings. The van der Waals surface area contributed by atoms with Crippen LogP contribution >= 0.6 is 0 Å². The quantitative estimate of drug-likeness (QED) is 0.0849. The average Bonchev–Trinajstić information content (AvgIpc) is 1.62. The normalized spacial score (nSPS) is 15.3. The molecule has 100 heavy (non-hydrogen) atoms. The number of Topliss-reactive ketones (excluding diaryl/α,β-unsaturated/α-hetero) is 1. The van der Waals surface area contributed by atoms with Crippen LogP contribution < -0.4 is 17.2 Å². The number of allylic oxidation sites excluding steroid dienone is 1. The van der Waals surface area contributed by atoms with E-state index in [1.54, 1.807) is 62.4 Å². The summed E-state index contributed by atoms with van der Waals surface area (Å²) in [5.74, 6) is 5.69. The van der Waals surface area contributed by atoms with Gasteiger partial charge in [-0.1, -0.05) is 43.3 Å². The molecule has 0 atom stereocenters. The monoisotopic (exact) mass is 1340 g/mol. The molecule has 0 unspecified atom stereocenters. The van der Waals surface area contributed by atoms with Crippen LogP contribution in [0, 0.1) is 0 Å². The van der Waals surface area contributed by atoms with E-state index in [9.17, 15) is 19.2 Å². The molecular weight excluding hydrogens is 1260 g/mol. The van der Waals surface area contributed by atoms with E-state index in [0.29, 0.717) is 91.2 Å². The first-order valence-corrected chi connectivity index (χ1v) is 33.8. The highest BCUT2D eigenvalue weighted by Gasteiger charge is 2.33. The van der Waals surface area contributed by atoms with E-state index in [4.69, 9.17) is 36.6 Å². The van der Waals surface area contributed by atoms with Crippen LogP contribution in [0.2, 0.25) is 0 Å². The first-order chi connectivity index (χ1) is 48.7. The summed E-state index contributed by atoms with van der Waals surface area (Å²) < 4.78 is 12.1. The second-order valence-electron chi connectivity index (χ2n) is 25.9. The number of piperidine rings is 3. The van der Waals surface area contributed by atoms with Crippen molar-refractivity contribution >= 4 is 85.7 Å². The number of pyridine rings is 3. The number of carbonyl (C=O) groups is 4. The maximum Gasteiger partial charge on any atom is 0.319 e. The smallest absolute Gasteiger partial charge is 0.319 e. The van der Waals surface area contributed by atoms with Gasteiger partial charge in [0.05, 0.1) is 29.0 Å². The van der Waals surface area contributed by atoms with E-state index in [0.717, 1.165) is 142 Å². The third kappa shape index (κ3) is 12.2. The summed E-state index contributed by atoms with van der Waals surface area (Å²) in [6, 6.07) is 25.5. The molecule has 1 aliphatic carbocycles. The van der Waals surface area contributed by atoms with E-state index in [1.165, 1.54) is 0 Å².